The van der Waals surface area contributed by atoms with Crippen molar-refractivity contribution in [2.45, 2.75) is 57.0 Å². The summed E-state index contributed by atoms with van der Waals surface area (Å²) in [6.45, 7) is 1.79. The maximum Gasteiger partial charge on any atom is 0.276 e. The van der Waals surface area contributed by atoms with Crippen molar-refractivity contribution in [1.29, 1.82) is 0 Å². The SMILES string of the molecule is O=C(Nc1ccnc(Cl)c1)c1cnc2c(NC3CC3)cc(NC3CCC(CC(=O)C4CN(I)C4)CC3)nn12. The number of imidazole rings is 1. The molecular weight excluding hydrogens is 619 g/mol. The van der Waals surface area contributed by atoms with E-state index in [9.17, 15) is 9.59 Å². The lowest BCUT2D eigenvalue weighted by molar-refractivity contribution is -0.126. The number of nitrogens with one attached hydrogen (secondary N) is 3. The van der Waals surface area contributed by atoms with Crippen molar-refractivity contribution in [3.8, 4) is 0 Å². The van der Waals surface area contributed by atoms with Crippen molar-refractivity contribution in [1.82, 2.24) is 22.7 Å². The molecule has 0 bridgehead atoms. The Morgan fingerprint density at radius 3 is 2.47 bits per heavy atom. The first kappa shape index (κ1) is 25.8. The number of carbonyl (C=O) groups excluding carboxylic acids is 2. The summed E-state index contributed by atoms with van der Waals surface area (Å²) in [4.78, 5) is 34.1. The smallest absolute Gasteiger partial charge is 0.276 e. The number of carbonyl (C=O) groups is 2. The van der Waals surface area contributed by atoms with Crippen LogP contribution < -0.4 is 16.0 Å². The quantitative estimate of drug-likeness (QED) is 0.172. The van der Waals surface area contributed by atoms with E-state index in [0.29, 0.717) is 52.2 Å². The molecule has 1 aliphatic heterocycles. The molecule has 3 aromatic heterocycles. The maximum atomic E-state index is 13.1. The second-order valence-corrected chi connectivity index (χ2v) is 12.4. The lowest BCUT2D eigenvalue weighted by Gasteiger charge is -2.35. The highest BCUT2D eigenvalue weighted by Crippen LogP contribution is 2.33. The summed E-state index contributed by atoms with van der Waals surface area (Å²) >= 11 is 8.25. The zero-order valence-electron chi connectivity index (χ0n) is 20.9. The number of hydrogen-bond donors (Lipinski definition) is 3. The molecule has 2 saturated carbocycles. The predicted octanol–water partition coefficient (Wildman–Crippen LogP) is 4.82. The van der Waals surface area contributed by atoms with Crippen molar-refractivity contribution in [2.75, 3.05) is 29.0 Å². The minimum atomic E-state index is -0.330. The number of ketones is 1. The number of amides is 1. The molecule has 10 nitrogen and oxygen atoms in total. The lowest BCUT2D eigenvalue weighted by atomic mass is 9.80. The second kappa shape index (κ2) is 10.9. The Balaban J connectivity index is 1.15. The highest BCUT2D eigenvalue weighted by atomic mass is 127. The number of halogens is 2. The van der Waals surface area contributed by atoms with Crippen molar-refractivity contribution in [2.24, 2.45) is 11.8 Å². The van der Waals surface area contributed by atoms with Crippen LogP contribution in [0.5, 0.6) is 0 Å². The van der Waals surface area contributed by atoms with E-state index in [0.717, 1.165) is 57.3 Å². The molecule has 0 aromatic carbocycles. The Hall–Kier alpha value is -2.51. The number of aromatic nitrogens is 4. The average molecular weight is 649 g/mol. The standard InChI is InChI=1S/C26H30ClIN8O2/c27-23-10-19(7-8-29-23)33-26(38)21-12-30-25-20(31-17-5-6-17)11-24(34-36(21)25)32-18-3-1-15(2-4-18)9-22(37)16-13-35(28)14-16/h7-8,10-12,15-18,31H,1-6,9,13-14H2,(H,32,34)(H,29,33,38). The van der Waals surface area contributed by atoms with Crippen LogP contribution in [0, 0.1) is 11.8 Å². The van der Waals surface area contributed by atoms with Crippen molar-refractivity contribution < 1.29 is 9.59 Å². The highest BCUT2D eigenvalue weighted by molar-refractivity contribution is 14.1. The van der Waals surface area contributed by atoms with Gasteiger partial charge in [0, 0.05) is 78.3 Å². The Labute approximate surface area is 239 Å². The lowest BCUT2D eigenvalue weighted by Crippen LogP contribution is -2.45. The summed E-state index contributed by atoms with van der Waals surface area (Å²) in [6.07, 6.45) is 10.1. The van der Waals surface area contributed by atoms with Gasteiger partial charge in [0.15, 0.2) is 11.3 Å². The van der Waals surface area contributed by atoms with Crippen molar-refractivity contribution in [3.63, 3.8) is 0 Å². The van der Waals surface area contributed by atoms with Crippen LogP contribution in [-0.4, -0.2) is 59.6 Å². The molecule has 0 unspecified atom stereocenters. The van der Waals surface area contributed by atoms with E-state index in [1.54, 1.807) is 29.0 Å². The van der Waals surface area contributed by atoms with Gasteiger partial charge in [0.25, 0.3) is 5.91 Å². The van der Waals surface area contributed by atoms with E-state index in [1.807, 2.05) is 6.07 Å². The number of rotatable bonds is 9. The van der Waals surface area contributed by atoms with Gasteiger partial charge in [0.05, 0.1) is 11.9 Å². The zero-order chi connectivity index (χ0) is 26.2. The van der Waals surface area contributed by atoms with Gasteiger partial charge in [-0.05, 0) is 56.6 Å². The summed E-state index contributed by atoms with van der Waals surface area (Å²) in [5.74, 6) is 1.50. The van der Waals surface area contributed by atoms with Gasteiger partial charge in [-0.25, -0.2) is 17.6 Å². The van der Waals surface area contributed by atoms with E-state index >= 15 is 0 Å². The largest absolute Gasteiger partial charge is 0.379 e. The fraction of sp³-hybridized carbons (Fsp3) is 0.500. The number of hydrogen-bond acceptors (Lipinski definition) is 8. The molecule has 12 heteroatoms. The molecule has 4 heterocycles. The molecule has 1 amide bonds. The fourth-order valence-electron chi connectivity index (χ4n) is 5.22. The molecule has 0 radical (unpaired) electrons. The van der Waals surface area contributed by atoms with Gasteiger partial charge in [0.2, 0.25) is 0 Å². The summed E-state index contributed by atoms with van der Waals surface area (Å²) in [7, 11) is 0. The fourth-order valence-corrected chi connectivity index (χ4v) is 6.35. The average Bonchev–Trinajstić information content (AvgIpc) is 3.58. The first-order valence-corrected chi connectivity index (χ1v) is 14.5. The van der Waals surface area contributed by atoms with Crippen LogP contribution in [0.2, 0.25) is 5.15 Å². The Kier molecular flexibility index (Phi) is 7.41. The predicted molar refractivity (Wildman–Crippen MR) is 155 cm³/mol. The number of fused-ring (bicyclic) bond motifs is 1. The van der Waals surface area contributed by atoms with E-state index in [2.05, 4.69) is 51.9 Å². The van der Waals surface area contributed by atoms with Gasteiger partial charge in [0.1, 0.15) is 16.8 Å². The van der Waals surface area contributed by atoms with E-state index < -0.39 is 0 Å². The van der Waals surface area contributed by atoms with Crippen molar-refractivity contribution in [3.05, 3.63) is 41.4 Å². The van der Waals surface area contributed by atoms with Crippen LogP contribution in [0.1, 0.15) is 55.4 Å². The Bertz CT molecular complexity index is 1350. The number of nitrogens with zero attached hydrogens (tertiary/aromatic N) is 5. The molecule has 0 spiro atoms. The molecule has 38 heavy (non-hydrogen) atoms. The number of anilines is 3. The maximum absolute atomic E-state index is 13.1. The molecule has 3 N–H and O–H groups in total. The molecule has 6 rings (SSSR count). The topological polar surface area (TPSA) is 117 Å². The number of Topliss-reactive ketones (excluding diaryl/α,β-unsaturated/α-hetero) is 1. The van der Waals surface area contributed by atoms with Gasteiger partial charge >= 0.3 is 0 Å². The molecule has 3 aromatic rings. The van der Waals surface area contributed by atoms with Crippen LogP contribution in [0.4, 0.5) is 17.2 Å². The third kappa shape index (κ3) is 5.89. The molecule has 3 aliphatic rings. The molecule has 1 saturated heterocycles. The van der Waals surface area contributed by atoms with Crippen molar-refractivity contribution >= 4 is 69.0 Å². The normalized spacial score (nSPS) is 22.2. The summed E-state index contributed by atoms with van der Waals surface area (Å²) in [5, 5.41) is 15.0. The summed E-state index contributed by atoms with van der Waals surface area (Å²) in [5.41, 5.74) is 2.36. The third-order valence-electron chi connectivity index (χ3n) is 7.60. The van der Waals surface area contributed by atoms with Gasteiger partial charge in [-0.1, -0.05) is 11.6 Å². The Morgan fingerprint density at radius 1 is 1.03 bits per heavy atom. The van der Waals surface area contributed by atoms with Crippen LogP contribution >= 0.6 is 34.5 Å². The van der Waals surface area contributed by atoms with Crippen LogP contribution in [0.3, 0.4) is 0 Å². The van der Waals surface area contributed by atoms with E-state index in [1.165, 1.54) is 0 Å². The van der Waals surface area contributed by atoms with Gasteiger partial charge in [-0.3, -0.25) is 9.59 Å². The summed E-state index contributed by atoms with van der Waals surface area (Å²) < 4.78 is 3.77. The molecule has 3 fully saturated rings. The first-order valence-electron chi connectivity index (χ1n) is 13.2. The molecule has 200 valence electrons. The van der Waals surface area contributed by atoms with Crippen LogP contribution in [0.15, 0.2) is 30.6 Å². The highest BCUT2D eigenvalue weighted by Gasteiger charge is 2.33. The second-order valence-electron chi connectivity index (χ2n) is 10.6. The van der Waals surface area contributed by atoms with Gasteiger partial charge in [-0.2, -0.15) is 0 Å². The minimum Gasteiger partial charge on any atom is -0.379 e. The zero-order valence-corrected chi connectivity index (χ0v) is 23.8. The van der Waals surface area contributed by atoms with Crippen LogP contribution in [-0.2, 0) is 4.79 Å². The molecule has 2 aliphatic carbocycles. The van der Waals surface area contributed by atoms with E-state index in [-0.39, 0.29) is 17.9 Å². The summed E-state index contributed by atoms with van der Waals surface area (Å²) in [6, 6.07) is 5.96. The number of pyridine rings is 1. The Morgan fingerprint density at radius 2 is 1.76 bits per heavy atom. The van der Waals surface area contributed by atoms with Gasteiger partial charge in [-0.15, -0.1) is 5.10 Å². The van der Waals surface area contributed by atoms with E-state index in [4.69, 9.17) is 16.7 Å². The van der Waals surface area contributed by atoms with Gasteiger partial charge < -0.3 is 16.0 Å². The molecular formula is C26H30ClIN8O2. The monoisotopic (exact) mass is 648 g/mol. The molecule has 0 atom stereocenters. The third-order valence-corrected chi connectivity index (χ3v) is 8.60. The van der Waals surface area contributed by atoms with Crippen LogP contribution in [0.25, 0.3) is 5.65 Å². The minimum absolute atomic E-state index is 0.230. The first-order chi connectivity index (χ1) is 18.4.